The van der Waals surface area contributed by atoms with Crippen molar-refractivity contribution in [2.45, 2.75) is 25.8 Å². The van der Waals surface area contributed by atoms with E-state index in [0.29, 0.717) is 18.2 Å². The SMILES string of the molecule is CCN1CCCC1CNC(=O)c1ccc(-c2cc(-c3cccc4ccccc34)[nH]n2)cc1. The molecule has 2 N–H and O–H groups in total. The standard InChI is InChI=1S/C27H28N4O/c1-2-31-16-6-9-22(31)18-28-27(32)21-14-12-20(13-15-21)25-17-26(30-29-25)24-11-5-8-19-7-3-4-10-23(19)24/h3-5,7-8,10-15,17,22H,2,6,9,16,18H2,1H3,(H,28,32)(H,29,30). The number of fused-ring (bicyclic) bond motifs is 1. The van der Waals surface area contributed by atoms with E-state index in [9.17, 15) is 4.79 Å². The Kier molecular flexibility index (Phi) is 5.73. The summed E-state index contributed by atoms with van der Waals surface area (Å²) in [4.78, 5) is 15.0. The van der Waals surface area contributed by atoms with Crippen LogP contribution in [0, 0.1) is 0 Å². The number of hydrogen-bond donors (Lipinski definition) is 2. The molecule has 0 aliphatic carbocycles. The Hall–Kier alpha value is -3.44. The molecule has 0 saturated carbocycles. The van der Waals surface area contributed by atoms with Crippen molar-refractivity contribution in [2.75, 3.05) is 19.6 Å². The fraction of sp³-hybridized carbons (Fsp3) is 0.259. The van der Waals surface area contributed by atoms with Crippen LogP contribution < -0.4 is 5.32 Å². The van der Waals surface area contributed by atoms with Gasteiger partial charge >= 0.3 is 0 Å². The largest absolute Gasteiger partial charge is 0.350 e. The van der Waals surface area contributed by atoms with Crippen molar-refractivity contribution < 1.29 is 4.79 Å². The van der Waals surface area contributed by atoms with Crippen molar-refractivity contribution in [3.8, 4) is 22.5 Å². The Balaban J connectivity index is 1.29. The number of carbonyl (C=O) groups excluding carboxylic acids is 1. The molecule has 1 aliphatic heterocycles. The number of H-pyrrole nitrogens is 1. The number of aromatic amines is 1. The predicted octanol–water partition coefficient (Wildman–Crippen LogP) is 5.11. The highest BCUT2D eigenvalue weighted by atomic mass is 16.1. The lowest BCUT2D eigenvalue weighted by Crippen LogP contribution is -2.40. The minimum absolute atomic E-state index is 0.0158. The minimum atomic E-state index is -0.0158. The first-order valence-corrected chi connectivity index (χ1v) is 11.4. The van der Waals surface area contributed by atoms with E-state index in [1.165, 1.54) is 17.2 Å². The highest BCUT2D eigenvalue weighted by molar-refractivity contribution is 5.96. The Morgan fingerprint density at radius 3 is 2.75 bits per heavy atom. The second kappa shape index (κ2) is 8.97. The summed E-state index contributed by atoms with van der Waals surface area (Å²) in [6, 6.07) is 24.9. The summed E-state index contributed by atoms with van der Waals surface area (Å²) in [6.45, 7) is 5.07. The van der Waals surface area contributed by atoms with Crippen LogP contribution in [0.2, 0.25) is 0 Å². The van der Waals surface area contributed by atoms with Gasteiger partial charge in [-0.15, -0.1) is 0 Å². The van der Waals surface area contributed by atoms with Gasteiger partial charge in [-0.3, -0.25) is 14.8 Å². The predicted molar refractivity (Wildman–Crippen MR) is 130 cm³/mol. The van der Waals surface area contributed by atoms with Crippen molar-refractivity contribution in [1.29, 1.82) is 0 Å². The van der Waals surface area contributed by atoms with Gasteiger partial charge in [-0.1, -0.05) is 61.5 Å². The summed E-state index contributed by atoms with van der Waals surface area (Å²) in [7, 11) is 0. The van der Waals surface area contributed by atoms with Gasteiger partial charge in [-0.25, -0.2) is 0 Å². The lowest BCUT2D eigenvalue weighted by Gasteiger charge is -2.22. The number of hydrogen-bond acceptors (Lipinski definition) is 3. The normalized spacial score (nSPS) is 16.5. The number of nitrogens with zero attached hydrogens (tertiary/aromatic N) is 2. The molecule has 2 heterocycles. The van der Waals surface area contributed by atoms with Crippen molar-refractivity contribution in [3.63, 3.8) is 0 Å². The van der Waals surface area contributed by atoms with Crippen molar-refractivity contribution in [1.82, 2.24) is 20.4 Å². The van der Waals surface area contributed by atoms with Crippen LogP contribution >= 0.6 is 0 Å². The average Bonchev–Trinajstić information content (AvgIpc) is 3.52. The zero-order valence-corrected chi connectivity index (χ0v) is 18.3. The molecule has 5 heteroatoms. The van der Waals surface area contributed by atoms with E-state index in [1.54, 1.807) is 0 Å². The van der Waals surface area contributed by atoms with Crippen LogP contribution in [0.15, 0.2) is 72.8 Å². The number of amides is 1. The van der Waals surface area contributed by atoms with Gasteiger partial charge < -0.3 is 5.32 Å². The first-order valence-electron chi connectivity index (χ1n) is 11.4. The molecule has 1 fully saturated rings. The fourth-order valence-corrected chi connectivity index (χ4v) is 4.72. The van der Waals surface area contributed by atoms with Crippen LogP contribution in [0.25, 0.3) is 33.3 Å². The van der Waals surface area contributed by atoms with Crippen molar-refractivity contribution in [2.24, 2.45) is 0 Å². The number of benzene rings is 3. The van der Waals surface area contributed by atoms with Gasteiger partial charge in [0.15, 0.2) is 0 Å². The Morgan fingerprint density at radius 1 is 1.09 bits per heavy atom. The maximum atomic E-state index is 12.6. The van der Waals surface area contributed by atoms with Crippen molar-refractivity contribution in [3.05, 3.63) is 78.4 Å². The molecule has 32 heavy (non-hydrogen) atoms. The highest BCUT2D eigenvalue weighted by Gasteiger charge is 2.23. The molecule has 1 aliphatic rings. The third kappa shape index (κ3) is 4.04. The molecular weight excluding hydrogens is 396 g/mol. The van der Waals surface area contributed by atoms with Crippen molar-refractivity contribution >= 4 is 16.7 Å². The molecule has 5 nitrogen and oxygen atoms in total. The quantitative estimate of drug-likeness (QED) is 0.452. The van der Waals surface area contributed by atoms with E-state index >= 15 is 0 Å². The van der Waals surface area contributed by atoms with E-state index in [1.807, 2.05) is 24.3 Å². The first-order chi connectivity index (χ1) is 15.7. The van der Waals surface area contributed by atoms with Crippen LogP contribution in [-0.2, 0) is 0 Å². The summed E-state index contributed by atoms with van der Waals surface area (Å²) in [6.07, 6.45) is 2.37. The molecule has 162 valence electrons. The summed E-state index contributed by atoms with van der Waals surface area (Å²) in [5.74, 6) is -0.0158. The minimum Gasteiger partial charge on any atom is -0.350 e. The number of rotatable bonds is 6. The van der Waals surface area contributed by atoms with Gasteiger partial charge in [0.25, 0.3) is 5.91 Å². The number of nitrogens with one attached hydrogen (secondary N) is 2. The lowest BCUT2D eigenvalue weighted by atomic mass is 10.0. The molecule has 1 atom stereocenters. The smallest absolute Gasteiger partial charge is 0.251 e. The fourth-order valence-electron chi connectivity index (χ4n) is 4.72. The van der Waals surface area contributed by atoms with Gasteiger partial charge in [-0.05, 0) is 54.9 Å². The van der Waals surface area contributed by atoms with E-state index < -0.39 is 0 Å². The third-order valence-corrected chi connectivity index (χ3v) is 6.50. The van der Waals surface area contributed by atoms with Gasteiger partial charge in [-0.2, -0.15) is 5.10 Å². The molecule has 0 spiro atoms. The molecule has 5 rings (SSSR count). The number of carbonyl (C=O) groups is 1. The number of likely N-dealkylation sites (tertiary alicyclic amines) is 1. The zero-order chi connectivity index (χ0) is 21.9. The number of likely N-dealkylation sites (N-methyl/N-ethyl adjacent to an activating group) is 1. The second-order valence-electron chi connectivity index (χ2n) is 8.41. The number of aromatic nitrogens is 2. The van der Waals surface area contributed by atoms with Gasteiger partial charge in [0.2, 0.25) is 0 Å². The van der Waals surface area contributed by atoms with Crippen LogP contribution in [0.5, 0.6) is 0 Å². The summed E-state index contributed by atoms with van der Waals surface area (Å²) < 4.78 is 0. The van der Waals surface area contributed by atoms with Gasteiger partial charge in [0.1, 0.15) is 0 Å². The Morgan fingerprint density at radius 2 is 1.91 bits per heavy atom. The van der Waals surface area contributed by atoms with Crippen LogP contribution in [0.4, 0.5) is 0 Å². The summed E-state index contributed by atoms with van der Waals surface area (Å²) in [5, 5.41) is 13.2. The molecule has 4 aromatic rings. The first kappa shape index (κ1) is 20.5. The zero-order valence-electron chi connectivity index (χ0n) is 18.3. The monoisotopic (exact) mass is 424 g/mol. The average molecular weight is 425 g/mol. The molecule has 1 saturated heterocycles. The Labute approximate surface area is 188 Å². The molecular formula is C27H28N4O. The van der Waals surface area contributed by atoms with Gasteiger partial charge in [0, 0.05) is 29.3 Å². The maximum absolute atomic E-state index is 12.6. The van der Waals surface area contributed by atoms with E-state index in [0.717, 1.165) is 42.0 Å². The molecule has 0 bridgehead atoms. The topological polar surface area (TPSA) is 61.0 Å². The lowest BCUT2D eigenvalue weighted by molar-refractivity contribution is 0.0941. The van der Waals surface area contributed by atoms with E-state index in [2.05, 4.69) is 75.9 Å². The Bertz CT molecular complexity index is 1220. The molecule has 0 radical (unpaired) electrons. The molecule has 3 aromatic carbocycles. The third-order valence-electron chi connectivity index (χ3n) is 6.50. The summed E-state index contributed by atoms with van der Waals surface area (Å²) in [5.41, 5.74) is 4.64. The second-order valence-corrected chi connectivity index (χ2v) is 8.41. The van der Waals surface area contributed by atoms with E-state index in [4.69, 9.17) is 0 Å². The maximum Gasteiger partial charge on any atom is 0.251 e. The van der Waals surface area contributed by atoms with Gasteiger partial charge in [0.05, 0.1) is 11.4 Å². The highest BCUT2D eigenvalue weighted by Crippen LogP contribution is 2.30. The molecule has 1 unspecified atom stereocenters. The molecule has 1 amide bonds. The van der Waals surface area contributed by atoms with Crippen LogP contribution in [0.1, 0.15) is 30.1 Å². The van der Waals surface area contributed by atoms with E-state index in [-0.39, 0.29) is 5.91 Å². The van der Waals surface area contributed by atoms with Crippen LogP contribution in [0.3, 0.4) is 0 Å². The molecule has 1 aromatic heterocycles. The summed E-state index contributed by atoms with van der Waals surface area (Å²) >= 11 is 0. The van der Waals surface area contributed by atoms with Crippen LogP contribution in [-0.4, -0.2) is 46.7 Å².